The Bertz CT molecular complexity index is 876. The topological polar surface area (TPSA) is 63.1 Å². The first-order chi connectivity index (χ1) is 9.54. The maximum absolute atomic E-state index is 13.2. The van der Waals surface area contributed by atoms with Crippen LogP contribution in [-0.4, -0.2) is 10.8 Å². The van der Waals surface area contributed by atoms with Gasteiger partial charge < -0.3 is 4.42 Å². The molecule has 4 nitrogen and oxygen atoms in total. The third kappa shape index (κ3) is 2.03. The van der Waals surface area contributed by atoms with Gasteiger partial charge in [-0.25, -0.2) is 9.18 Å². The van der Waals surface area contributed by atoms with E-state index >= 15 is 0 Å². The van der Waals surface area contributed by atoms with E-state index in [1.165, 1.54) is 24.3 Å². The first-order valence-corrected chi connectivity index (χ1v) is 5.98. The molecule has 0 saturated heterocycles. The van der Waals surface area contributed by atoms with Crippen LogP contribution in [0.3, 0.4) is 0 Å². The molecule has 1 N–H and O–H groups in total. The van der Waals surface area contributed by atoms with E-state index < -0.39 is 5.76 Å². The summed E-state index contributed by atoms with van der Waals surface area (Å²) in [4.78, 5) is 25.9. The van der Waals surface area contributed by atoms with Crippen LogP contribution in [-0.2, 0) is 0 Å². The highest BCUT2D eigenvalue weighted by Crippen LogP contribution is 2.17. The van der Waals surface area contributed by atoms with Crippen molar-refractivity contribution in [2.24, 2.45) is 0 Å². The van der Waals surface area contributed by atoms with Gasteiger partial charge in [0.2, 0.25) is 0 Å². The van der Waals surface area contributed by atoms with Crippen LogP contribution in [0.15, 0.2) is 45.6 Å². The predicted molar refractivity (Wildman–Crippen MR) is 71.4 cm³/mol. The highest BCUT2D eigenvalue weighted by Gasteiger charge is 2.12. The molecule has 0 spiro atoms. The van der Waals surface area contributed by atoms with Gasteiger partial charge in [0, 0.05) is 11.1 Å². The number of rotatable bonds is 2. The summed E-state index contributed by atoms with van der Waals surface area (Å²) in [5.74, 6) is -1.17. The maximum atomic E-state index is 13.2. The number of aryl methyl sites for hydroxylation is 1. The van der Waals surface area contributed by atoms with Gasteiger partial charge in [-0.15, -0.1) is 0 Å². The van der Waals surface area contributed by atoms with Crippen LogP contribution in [0.4, 0.5) is 4.39 Å². The zero-order valence-corrected chi connectivity index (χ0v) is 10.6. The number of hydrogen-bond acceptors (Lipinski definition) is 3. The second-order valence-electron chi connectivity index (χ2n) is 4.52. The molecule has 0 amide bonds. The highest BCUT2D eigenvalue weighted by atomic mass is 19.1. The lowest BCUT2D eigenvalue weighted by atomic mass is 10.0. The van der Waals surface area contributed by atoms with Crippen LogP contribution >= 0.6 is 0 Å². The molecule has 0 atom stereocenters. The fourth-order valence-electron chi connectivity index (χ4n) is 2.04. The second kappa shape index (κ2) is 4.45. The van der Waals surface area contributed by atoms with Crippen LogP contribution in [0.2, 0.25) is 0 Å². The van der Waals surface area contributed by atoms with Crippen molar-refractivity contribution in [3.8, 4) is 0 Å². The van der Waals surface area contributed by atoms with Crippen LogP contribution in [0, 0.1) is 12.7 Å². The van der Waals surface area contributed by atoms with E-state index in [0.29, 0.717) is 27.8 Å². The summed E-state index contributed by atoms with van der Waals surface area (Å²) < 4.78 is 18.1. The monoisotopic (exact) mass is 271 g/mol. The van der Waals surface area contributed by atoms with Gasteiger partial charge in [-0.2, -0.15) is 0 Å². The molecule has 100 valence electrons. The SMILES string of the molecule is Cc1cc(C(=O)c2ccc3[nH]c(=O)oc3c2)ccc1F. The maximum Gasteiger partial charge on any atom is 0.417 e. The first kappa shape index (κ1) is 12.3. The minimum Gasteiger partial charge on any atom is -0.408 e. The van der Waals surface area contributed by atoms with Gasteiger partial charge >= 0.3 is 5.76 Å². The molecule has 1 aromatic heterocycles. The Balaban J connectivity index is 2.07. The lowest BCUT2D eigenvalue weighted by molar-refractivity contribution is 0.103. The Labute approximate surface area is 112 Å². The molecule has 0 radical (unpaired) electrons. The first-order valence-electron chi connectivity index (χ1n) is 5.98. The summed E-state index contributed by atoms with van der Waals surface area (Å²) in [6, 6.07) is 8.88. The Morgan fingerprint density at radius 3 is 2.60 bits per heavy atom. The Hall–Kier alpha value is -2.69. The molecule has 0 saturated carbocycles. The molecule has 5 heteroatoms. The molecule has 0 unspecified atom stereocenters. The Kier molecular flexibility index (Phi) is 2.75. The van der Waals surface area contributed by atoms with E-state index in [4.69, 9.17) is 4.42 Å². The van der Waals surface area contributed by atoms with Crippen molar-refractivity contribution >= 4 is 16.9 Å². The molecule has 0 aliphatic rings. The van der Waals surface area contributed by atoms with Crippen molar-refractivity contribution in [1.29, 1.82) is 0 Å². The Morgan fingerprint density at radius 2 is 1.85 bits per heavy atom. The quantitative estimate of drug-likeness (QED) is 0.729. The number of nitrogens with one attached hydrogen (secondary N) is 1. The predicted octanol–water partition coefficient (Wildman–Crippen LogP) is 2.80. The van der Waals surface area contributed by atoms with Gasteiger partial charge in [-0.05, 0) is 48.9 Å². The summed E-state index contributed by atoms with van der Waals surface area (Å²) in [5, 5.41) is 0. The van der Waals surface area contributed by atoms with E-state index in [0.717, 1.165) is 0 Å². The van der Waals surface area contributed by atoms with Gasteiger partial charge in [0.25, 0.3) is 0 Å². The number of ketones is 1. The molecule has 3 aromatic rings. The van der Waals surface area contributed by atoms with Gasteiger partial charge in [0.05, 0.1) is 5.52 Å². The zero-order valence-electron chi connectivity index (χ0n) is 10.6. The molecular formula is C15H10FNO3. The molecule has 0 aliphatic carbocycles. The number of fused-ring (bicyclic) bond motifs is 1. The number of oxazole rings is 1. The van der Waals surface area contributed by atoms with Crippen molar-refractivity contribution in [2.45, 2.75) is 6.92 Å². The molecule has 1 heterocycles. The molecule has 0 bridgehead atoms. The smallest absolute Gasteiger partial charge is 0.408 e. The molecule has 20 heavy (non-hydrogen) atoms. The fourth-order valence-corrected chi connectivity index (χ4v) is 2.04. The molecular weight excluding hydrogens is 261 g/mol. The van der Waals surface area contributed by atoms with E-state index in [1.54, 1.807) is 19.1 Å². The minimum atomic E-state index is -0.567. The summed E-state index contributed by atoms with van der Waals surface area (Å²) in [5.41, 5.74) is 2.03. The molecule has 0 aliphatic heterocycles. The third-order valence-electron chi connectivity index (χ3n) is 3.10. The van der Waals surface area contributed by atoms with Crippen LogP contribution in [0.1, 0.15) is 21.5 Å². The summed E-state index contributed by atoms with van der Waals surface area (Å²) in [7, 11) is 0. The minimum absolute atomic E-state index is 0.251. The summed E-state index contributed by atoms with van der Waals surface area (Å²) in [6.45, 7) is 1.60. The number of carbonyl (C=O) groups excluding carboxylic acids is 1. The van der Waals surface area contributed by atoms with Crippen LogP contribution in [0.5, 0.6) is 0 Å². The summed E-state index contributed by atoms with van der Waals surface area (Å²) in [6.07, 6.45) is 0. The van der Waals surface area contributed by atoms with E-state index in [-0.39, 0.29) is 11.6 Å². The number of benzene rings is 2. The average Bonchev–Trinajstić information content (AvgIpc) is 2.80. The van der Waals surface area contributed by atoms with Gasteiger partial charge in [-0.1, -0.05) is 0 Å². The number of aromatic nitrogens is 1. The normalized spacial score (nSPS) is 10.9. The van der Waals surface area contributed by atoms with Gasteiger partial charge in [0.1, 0.15) is 5.82 Å². The number of H-pyrrole nitrogens is 1. The van der Waals surface area contributed by atoms with Gasteiger partial charge in [0.15, 0.2) is 11.4 Å². The van der Waals surface area contributed by atoms with E-state index in [1.807, 2.05) is 0 Å². The van der Waals surface area contributed by atoms with Gasteiger partial charge in [-0.3, -0.25) is 9.78 Å². The largest absolute Gasteiger partial charge is 0.417 e. The molecule has 0 fully saturated rings. The lowest BCUT2D eigenvalue weighted by Gasteiger charge is -2.03. The number of aromatic amines is 1. The lowest BCUT2D eigenvalue weighted by Crippen LogP contribution is -2.02. The zero-order chi connectivity index (χ0) is 14.3. The molecule has 3 rings (SSSR count). The third-order valence-corrected chi connectivity index (χ3v) is 3.10. The van der Waals surface area contributed by atoms with Crippen molar-refractivity contribution in [1.82, 2.24) is 4.98 Å². The number of halogens is 1. The van der Waals surface area contributed by atoms with Crippen LogP contribution in [0.25, 0.3) is 11.1 Å². The van der Waals surface area contributed by atoms with E-state index in [9.17, 15) is 14.0 Å². The van der Waals surface area contributed by atoms with E-state index in [2.05, 4.69) is 4.98 Å². The summed E-state index contributed by atoms with van der Waals surface area (Å²) >= 11 is 0. The fraction of sp³-hybridized carbons (Fsp3) is 0.0667. The standard InChI is InChI=1S/C15H10FNO3/c1-8-6-9(2-4-11(8)16)14(18)10-3-5-12-13(7-10)20-15(19)17-12/h2-7H,1H3,(H,17,19). The van der Waals surface area contributed by atoms with Crippen molar-refractivity contribution < 1.29 is 13.6 Å². The second-order valence-corrected chi connectivity index (χ2v) is 4.52. The van der Waals surface area contributed by atoms with Crippen molar-refractivity contribution in [2.75, 3.05) is 0 Å². The average molecular weight is 271 g/mol. The number of carbonyl (C=O) groups is 1. The molecule has 2 aromatic carbocycles. The Morgan fingerprint density at radius 1 is 1.15 bits per heavy atom. The van der Waals surface area contributed by atoms with Crippen molar-refractivity contribution in [3.63, 3.8) is 0 Å². The van der Waals surface area contributed by atoms with Crippen LogP contribution < -0.4 is 5.76 Å². The number of hydrogen-bond donors (Lipinski definition) is 1. The van der Waals surface area contributed by atoms with Crippen molar-refractivity contribution in [3.05, 3.63) is 69.5 Å². The highest BCUT2D eigenvalue weighted by molar-refractivity contribution is 6.10.